The second-order valence-corrected chi connectivity index (χ2v) is 5.69. The van der Waals surface area contributed by atoms with Crippen LogP contribution in [0.15, 0.2) is 23.1 Å². The van der Waals surface area contributed by atoms with Crippen molar-refractivity contribution in [1.82, 2.24) is 9.62 Å². The first-order chi connectivity index (χ1) is 7.39. The minimum absolute atomic E-state index is 0.00634. The number of sulfonamides is 1. The summed E-state index contributed by atoms with van der Waals surface area (Å²) in [7, 11) is 0.945. The van der Waals surface area contributed by atoms with Gasteiger partial charge in [-0.3, -0.25) is 0 Å². The van der Waals surface area contributed by atoms with Crippen molar-refractivity contribution >= 4 is 10.0 Å². The van der Waals surface area contributed by atoms with Gasteiger partial charge in [0.15, 0.2) is 0 Å². The van der Waals surface area contributed by atoms with E-state index in [4.69, 9.17) is 0 Å². The van der Waals surface area contributed by atoms with Crippen LogP contribution in [0, 0.1) is 5.82 Å². The van der Waals surface area contributed by atoms with Crippen LogP contribution in [0.25, 0.3) is 0 Å². The van der Waals surface area contributed by atoms with E-state index in [2.05, 4.69) is 5.32 Å². The van der Waals surface area contributed by atoms with Crippen molar-refractivity contribution in [2.75, 3.05) is 21.1 Å². The van der Waals surface area contributed by atoms with Gasteiger partial charge in [0.1, 0.15) is 5.82 Å². The van der Waals surface area contributed by atoms with Gasteiger partial charge in [-0.1, -0.05) is 6.07 Å². The zero-order valence-electron chi connectivity index (χ0n) is 9.49. The number of hydrogen-bond donors (Lipinski definition) is 1. The summed E-state index contributed by atoms with van der Waals surface area (Å²) in [5.74, 6) is -0.555. The molecule has 0 radical (unpaired) electrons. The predicted molar refractivity (Wildman–Crippen MR) is 60.0 cm³/mol. The van der Waals surface area contributed by atoms with E-state index in [1.54, 1.807) is 7.05 Å². The lowest BCUT2D eigenvalue weighted by atomic mass is 10.2. The molecule has 1 aromatic rings. The molecule has 0 saturated carbocycles. The Hall–Kier alpha value is -0.980. The predicted octanol–water partition coefficient (Wildman–Crippen LogP) is 0.795. The second-order valence-electron chi connectivity index (χ2n) is 3.57. The number of nitrogens with one attached hydrogen (secondary N) is 1. The molecule has 4 nitrogen and oxygen atoms in total. The van der Waals surface area contributed by atoms with Crippen LogP contribution in [-0.4, -0.2) is 33.9 Å². The first kappa shape index (κ1) is 13.1. The highest BCUT2D eigenvalue weighted by molar-refractivity contribution is 7.89. The molecule has 0 bridgehead atoms. The van der Waals surface area contributed by atoms with Gasteiger partial charge in [0, 0.05) is 20.6 Å². The van der Waals surface area contributed by atoms with Crippen molar-refractivity contribution in [3.05, 3.63) is 29.6 Å². The minimum Gasteiger partial charge on any atom is -0.316 e. The van der Waals surface area contributed by atoms with Crippen LogP contribution in [0.1, 0.15) is 5.56 Å². The summed E-state index contributed by atoms with van der Waals surface area (Å²) in [6.07, 6.45) is 0. The van der Waals surface area contributed by atoms with Gasteiger partial charge < -0.3 is 5.32 Å². The van der Waals surface area contributed by atoms with Crippen LogP contribution in [0.2, 0.25) is 0 Å². The van der Waals surface area contributed by atoms with Gasteiger partial charge in [0.25, 0.3) is 0 Å². The molecule has 0 saturated heterocycles. The van der Waals surface area contributed by atoms with Gasteiger partial charge in [0.2, 0.25) is 10.0 Å². The average Bonchev–Trinajstić information content (AvgIpc) is 2.20. The van der Waals surface area contributed by atoms with E-state index in [1.807, 2.05) is 0 Å². The lowest BCUT2D eigenvalue weighted by Crippen LogP contribution is -2.24. The van der Waals surface area contributed by atoms with E-state index in [9.17, 15) is 12.8 Å². The zero-order valence-corrected chi connectivity index (χ0v) is 10.3. The number of halogens is 1. The summed E-state index contributed by atoms with van der Waals surface area (Å²) in [5, 5.41) is 2.85. The quantitative estimate of drug-likeness (QED) is 0.854. The minimum atomic E-state index is -3.60. The Labute approximate surface area is 95.1 Å². The van der Waals surface area contributed by atoms with Crippen LogP contribution < -0.4 is 5.32 Å². The molecule has 1 aromatic carbocycles. The standard InChI is InChI=1S/C10H15FN2O2S/c1-12-7-8-4-5-9(11)6-10(8)16(14,15)13(2)3/h4-6,12H,7H2,1-3H3. The van der Waals surface area contributed by atoms with Crippen molar-refractivity contribution in [2.24, 2.45) is 0 Å². The topological polar surface area (TPSA) is 49.4 Å². The van der Waals surface area contributed by atoms with Gasteiger partial charge in [-0.05, 0) is 24.7 Å². The Morgan fingerprint density at radius 1 is 1.38 bits per heavy atom. The maximum atomic E-state index is 13.1. The van der Waals surface area contributed by atoms with Crippen LogP contribution in [0.3, 0.4) is 0 Å². The lowest BCUT2D eigenvalue weighted by Gasteiger charge is -2.15. The van der Waals surface area contributed by atoms with Crippen LogP contribution in [0.4, 0.5) is 4.39 Å². The summed E-state index contributed by atoms with van der Waals surface area (Å²) in [5.41, 5.74) is 0.553. The molecule has 0 spiro atoms. The van der Waals surface area contributed by atoms with Gasteiger partial charge in [-0.2, -0.15) is 0 Å². The van der Waals surface area contributed by atoms with E-state index in [0.717, 1.165) is 10.4 Å². The number of nitrogens with zero attached hydrogens (tertiary/aromatic N) is 1. The third-order valence-electron chi connectivity index (χ3n) is 2.16. The fourth-order valence-corrected chi connectivity index (χ4v) is 2.43. The highest BCUT2D eigenvalue weighted by Gasteiger charge is 2.21. The van der Waals surface area contributed by atoms with E-state index in [0.29, 0.717) is 12.1 Å². The van der Waals surface area contributed by atoms with Gasteiger partial charge in [-0.25, -0.2) is 17.1 Å². The van der Waals surface area contributed by atoms with Crippen molar-refractivity contribution in [1.29, 1.82) is 0 Å². The lowest BCUT2D eigenvalue weighted by molar-refractivity contribution is 0.517. The summed E-state index contributed by atoms with van der Waals surface area (Å²) >= 11 is 0. The van der Waals surface area contributed by atoms with E-state index in [1.165, 1.54) is 26.2 Å². The van der Waals surface area contributed by atoms with Crippen molar-refractivity contribution in [3.8, 4) is 0 Å². The molecular weight excluding hydrogens is 231 g/mol. The Bertz CT molecular complexity index is 472. The molecule has 0 aliphatic carbocycles. The van der Waals surface area contributed by atoms with Crippen LogP contribution >= 0.6 is 0 Å². The van der Waals surface area contributed by atoms with E-state index >= 15 is 0 Å². The third kappa shape index (κ3) is 2.58. The molecular formula is C10H15FN2O2S. The molecule has 0 fully saturated rings. The Balaban J connectivity index is 3.36. The molecule has 0 aromatic heterocycles. The third-order valence-corrected chi connectivity index (χ3v) is 4.05. The second kappa shape index (κ2) is 4.90. The van der Waals surface area contributed by atoms with Crippen LogP contribution in [-0.2, 0) is 16.6 Å². The first-order valence-corrected chi connectivity index (χ1v) is 6.19. The fourth-order valence-electron chi connectivity index (χ4n) is 1.30. The Morgan fingerprint density at radius 3 is 2.50 bits per heavy atom. The molecule has 0 heterocycles. The van der Waals surface area contributed by atoms with E-state index in [-0.39, 0.29) is 4.90 Å². The van der Waals surface area contributed by atoms with Gasteiger partial charge >= 0.3 is 0 Å². The monoisotopic (exact) mass is 246 g/mol. The molecule has 90 valence electrons. The fraction of sp³-hybridized carbons (Fsp3) is 0.400. The molecule has 1 rings (SSSR count). The highest BCUT2D eigenvalue weighted by Crippen LogP contribution is 2.19. The van der Waals surface area contributed by atoms with Crippen molar-refractivity contribution < 1.29 is 12.8 Å². The van der Waals surface area contributed by atoms with Crippen LogP contribution in [0.5, 0.6) is 0 Å². The van der Waals surface area contributed by atoms with Crippen molar-refractivity contribution in [3.63, 3.8) is 0 Å². The molecule has 16 heavy (non-hydrogen) atoms. The summed E-state index contributed by atoms with van der Waals surface area (Å²) in [4.78, 5) is 0.00634. The molecule has 1 N–H and O–H groups in total. The zero-order chi connectivity index (χ0) is 12.3. The molecule has 0 aliphatic rings. The van der Waals surface area contributed by atoms with Gasteiger partial charge in [-0.15, -0.1) is 0 Å². The average molecular weight is 246 g/mol. The maximum Gasteiger partial charge on any atom is 0.242 e. The molecule has 0 aliphatic heterocycles. The Kier molecular flexibility index (Phi) is 4.01. The SMILES string of the molecule is CNCc1ccc(F)cc1S(=O)(=O)N(C)C. The molecule has 0 unspecified atom stereocenters. The van der Waals surface area contributed by atoms with Gasteiger partial charge in [0.05, 0.1) is 4.90 Å². The number of hydrogen-bond acceptors (Lipinski definition) is 3. The normalized spacial score (nSPS) is 12.1. The van der Waals surface area contributed by atoms with E-state index < -0.39 is 15.8 Å². The molecule has 0 amide bonds. The largest absolute Gasteiger partial charge is 0.316 e. The summed E-state index contributed by atoms with van der Waals surface area (Å²) in [6.45, 7) is 0.378. The highest BCUT2D eigenvalue weighted by atomic mass is 32.2. The Morgan fingerprint density at radius 2 is 2.00 bits per heavy atom. The molecule has 6 heteroatoms. The first-order valence-electron chi connectivity index (χ1n) is 4.75. The maximum absolute atomic E-state index is 13.1. The number of benzene rings is 1. The summed E-state index contributed by atoms with van der Waals surface area (Å²) in [6, 6.07) is 3.77. The smallest absolute Gasteiger partial charge is 0.242 e. The summed E-state index contributed by atoms with van der Waals surface area (Å²) < 4.78 is 38.0. The van der Waals surface area contributed by atoms with Crippen molar-refractivity contribution in [2.45, 2.75) is 11.4 Å². The molecule has 0 atom stereocenters. The number of rotatable bonds is 4.